The van der Waals surface area contributed by atoms with Crippen LogP contribution in [0.5, 0.6) is 5.75 Å². The highest BCUT2D eigenvalue weighted by Gasteiger charge is 2.30. The average molecular weight is 474 g/mol. The summed E-state index contributed by atoms with van der Waals surface area (Å²) >= 11 is 6.19. The van der Waals surface area contributed by atoms with Crippen LogP contribution in [-0.2, 0) is 0 Å². The Kier molecular flexibility index (Phi) is 6.86. The summed E-state index contributed by atoms with van der Waals surface area (Å²) in [6.07, 6.45) is 2.35. The van der Waals surface area contributed by atoms with Crippen molar-refractivity contribution in [2.45, 2.75) is 39.7 Å². The first kappa shape index (κ1) is 23.4. The minimum Gasteiger partial charge on any atom is -0.491 e. The molecule has 0 spiro atoms. The van der Waals surface area contributed by atoms with Gasteiger partial charge in [-0.05, 0) is 52.3 Å². The zero-order valence-corrected chi connectivity index (χ0v) is 20.0. The number of nitrogens with zero attached hydrogens (tertiary/aromatic N) is 4. The van der Waals surface area contributed by atoms with Gasteiger partial charge in [-0.2, -0.15) is 0 Å². The van der Waals surface area contributed by atoms with Crippen LogP contribution >= 0.6 is 11.6 Å². The van der Waals surface area contributed by atoms with Gasteiger partial charge in [0, 0.05) is 29.9 Å². The lowest BCUT2D eigenvalue weighted by atomic mass is 10.1. The molecule has 1 saturated heterocycles. The number of benzene rings is 1. The lowest BCUT2D eigenvalue weighted by molar-refractivity contribution is 0.0793. The number of hydrogen-bond acceptors (Lipinski definition) is 6. The molecule has 2 aliphatic rings. The van der Waals surface area contributed by atoms with Crippen LogP contribution in [-0.4, -0.2) is 64.5 Å². The highest BCUT2D eigenvalue weighted by Crippen LogP contribution is 2.29. The smallest absolute Gasteiger partial charge is 0.258 e. The Bertz CT molecular complexity index is 1080. The molecule has 2 aromatic rings. The van der Waals surface area contributed by atoms with Gasteiger partial charge in [0.1, 0.15) is 18.2 Å². The second-order valence-corrected chi connectivity index (χ2v) is 9.09. The second-order valence-electron chi connectivity index (χ2n) is 8.71. The monoisotopic (exact) mass is 473 g/mol. The van der Waals surface area contributed by atoms with E-state index in [1.54, 1.807) is 18.7 Å². The first-order chi connectivity index (χ1) is 15.7. The van der Waals surface area contributed by atoms with E-state index >= 15 is 0 Å². The van der Waals surface area contributed by atoms with Gasteiger partial charge in [-0.15, -0.1) is 0 Å². The topological polar surface area (TPSA) is 84.6 Å². The van der Waals surface area contributed by atoms with Crippen LogP contribution in [0.25, 0.3) is 5.57 Å². The number of carbonyl (C=O) groups is 1. The van der Waals surface area contributed by atoms with E-state index in [9.17, 15) is 9.18 Å². The van der Waals surface area contributed by atoms with E-state index in [0.717, 1.165) is 13.1 Å². The maximum atomic E-state index is 14.0. The maximum absolute atomic E-state index is 14.0. The molecule has 1 aromatic heterocycles. The minimum absolute atomic E-state index is 0.236. The summed E-state index contributed by atoms with van der Waals surface area (Å²) in [5.74, 6) is -0.0120. The highest BCUT2D eigenvalue weighted by atomic mass is 35.5. The van der Waals surface area contributed by atoms with E-state index in [2.05, 4.69) is 21.8 Å². The minimum atomic E-state index is -0.448. The summed E-state index contributed by atoms with van der Waals surface area (Å²) < 4.78 is 19.8. The SMILES string of the molecule is Cc1nc(C2=C(N)CN(C(=O)c3ccc(F)cc3OCCN3CCC[C@H]3C)C2)nc(C)c1Cl. The summed E-state index contributed by atoms with van der Waals surface area (Å²) in [6.45, 7) is 8.46. The molecule has 1 aromatic carbocycles. The molecule has 0 aliphatic carbocycles. The fraction of sp³-hybridized carbons (Fsp3) is 0.458. The molecule has 1 atom stereocenters. The molecule has 0 saturated carbocycles. The molecule has 176 valence electrons. The van der Waals surface area contributed by atoms with Crippen LogP contribution < -0.4 is 10.5 Å². The number of carbonyl (C=O) groups excluding carboxylic acids is 1. The Labute approximate surface area is 198 Å². The number of halogens is 2. The number of ether oxygens (including phenoxy) is 1. The van der Waals surface area contributed by atoms with Crippen LogP contribution in [0.15, 0.2) is 23.9 Å². The fourth-order valence-corrected chi connectivity index (χ4v) is 4.49. The molecular weight excluding hydrogens is 445 g/mol. The predicted molar refractivity (Wildman–Crippen MR) is 126 cm³/mol. The standard InChI is InChI=1S/C24H29ClFN5O2/c1-14-5-4-8-30(14)9-10-33-21-11-17(26)6-7-18(21)24(32)31-12-19(20(27)13-31)23-28-15(2)22(25)16(3)29-23/h6-7,11,14H,4-5,8-10,12-13,27H2,1-3H3/t14-/m1/s1. The van der Waals surface area contributed by atoms with Gasteiger partial charge in [-0.1, -0.05) is 11.6 Å². The van der Waals surface area contributed by atoms with Crippen molar-refractivity contribution in [3.63, 3.8) is 0 Å². The summed E-state index contributed by atoms with van der Waals surface area (Å²) in [5, 5.41) is 0.514. The van der Waals surface area contributed by atoms with Crippen molar-refractivity contribution in [2.24, 2.45) is 5.73 Å². The van der Waals surface area contributed by atoms with E-state index in [-0.39, 0.29) is 24.7 Å². The third-order valence-corrected chi connectivity index (χ3v) is 6.89. The molecule has 33 heavy (non-hydrogen) atoms. The van der Waals surface area contributed by atoms with Crippen molar-refractivity contribution in [1.29, 1.82) is 0 Å². The molecule has 1 amide bonds. The van der Waals surface area contributed by atoms with Crippen LogP contribution in [0.2, 0.25) is 5.02 Å². The molecule has 9 heteroatoms. The quantitative estimate of drug-likeness (QED) is 0.690. The van der Waals surface area contributed by atoms with Crippen molar-refractivity contribution >= 4 is 23.1 Å². The molecule has 3 heterocycles. The maximum Gasteiger partial charge on any atom is 0.258 e. The molecule has 0 unspecified atom stereocenters. The Morgan fingerprint density at radius 3 is 2.67 bits per heavy atom. The predicted octanol–water partition coefficient (Wildman–Crippen LogP) is 3.57. The van der Waals surface area contributed by atoms with Gasteiger partial charge >= 0.3 is 0 Å². The van der Waals surface area contributed by atoms with Crippen molar-refractivity contribution in [1.82, 2.24) is 19.8 Å². The van der Waals surface area contributed by atoms with Gasteiger partial charge in [0.2, 0.25) is 0 Å². The number of hydrogen-bond donors (Lipinski definition) is 1. The van der Waals surface area contributed by atoms with E-state index < -0.39 is 5.82 Å². The number of amides is 1. The first-order valence-electron chi connectivity index (χ1n) is 11.2. The van der Waals surface area contributed by atoms with E-state index in [4.69, 9.17) is 22.1 Å². The molecular formula is C24H29ClFN5O2. The lowest BCUT2D eigenvalue weighted by Gasteiger charge is -2.22. The molecule has 2 N–H and O–H groups in total. The van der Waals surface area contributed by atoms with Crippen molar-refractivity contribution in [3.8, 4) is 5.75 Å². The molecule has 4 rings (SSSR count). The molecule has 0 bridgehead atoms. The van der Waals surface area contributed by atoms with Gasteiger partial charge in [-0.3, -0.25) is 9.69 Å². The van der Waals surface area contributed by atoms with Gasteiger partial charge in [0.05, 0.1) is 35.1 Å². The van der Waals surface area contributed by atoms with Gasteiger partial charge in [0.25, 0.3) is 5.91 Å². The van der Waals surface area contributed by atoms with Crippen molar-refractivity contribution in [3.05, 3.63) is 57.5 Å². The zero-order chi connectivity index (χ0) is 23.7. The summed E-state index contributed by atoms with van der Waals surface area (Å²) in [5.41, 5.74) is 9.10. The van der Waals surface area contributed by atoms with Gasteiger partial charge in [0.15, 0.2) is 5.82 Å². The second kappa shape index (κ2) is 9.65. The lowest BCUT2D eigenvalue weighted by Crippen LogP contribution is -2.32. The largest absolute Gasteiger partial charge is 0.491 e. The summed E-state index contributed by atoms with van der Waals surface area (Å²) in [4.78, 5) is 26.2. The molecule has 2 aliphatic heterocycles. The highest BCUT2D eigenvalue weighted by molar-refractivity contribution is 6.31. The number of likely N-dealkylation sites (tertiary alicyclic amines) is 1. The Balaban J connectivity index is 1.48. The molecule has 1 fully saturated rings. The Morgan fingerprint density at radius 2 is 2.00 bits per heavy atom. The Morgan fingerprint density at radius 1 is 1.27 bits per heavy atom. The third kappa shape index (κ3) is 4.96. The van der Waals surface area contributed by atoms with Crippen LogP contribution in [0, 0.1) is 19.7 Å². The zero-order valence-electron chi connectivity index (χ0n) is 19.2. The van der Waals surface area contributed by atoms with Crippen LogP contribution in [0.4, 0.5) is 4.39 Å². The average Bonchev–Trinajstić information content (AvgIpc) is 3.36. The van der Waals surface area contributed by atoms with Gasteiger partial charge in [-0.25, -0.2) is 14.4 Å². The summed E-state index contributed by atoms with van der Waals surface area (Å²) in [7, 11) is 0. The first-order valence-corrected chi connectivity index (χ1v) is 11.6. The van der Waals surface area contributed by atoms with Crippen molar-refractivity contribution < 1.29 is 13.9 Å². The summed E-state index contributed by atoms with van der Waals surface area (Å²) in [6, 6.07) is 4.52. The number of aromatic nitrogens is 2. The van der Waals surface area contributed by atoms with Gasteiger partial charge < -0.3 is 15.4 Å². The number of aryl methyl sites for hydroxylation is 2. The van der Waals surface area contributed by atoms with Crippen molar-refractivity contribution in [2.75, 3.05) is 32.8 Å². The van der Waals surface area contributed by atoms with E-state index in [1.165, 1.54) is 31.0 Å². The van der Waals surface area contributed by atoms with Crippen LogP contribution in [0.1, 0.15) is 47.3 Å². The van der Waals surface area contributed by atoms with E-state index in [0.29, 0.717) is 51.7 Å². The number of rotatable bonds is 6. The normalized spacial score (nSPS) is 18.9. The van der Waals surface area contributed by atoms with E-state index in [1.807, 2.05) is 0 Å². The fourth-order valence-electron chi connectivity index (χ4n) is 4.41. The Hall–Kier alpha value is -2.71. The van der Waals surface area contributed by atoms with Crippen LogP contribution in [0.3, 0.4) is 0 Å². The molecule has 7 nitrogen and oxygen atoms in total. The third-order valence-electron chi connectivity index (χ3n) is 6.34. The molecule has 0 radical (unpaired) electrons. The number of nitrogens with two attached hydrogens (primary N) is 1.